The van der Waals surface area contributed by atoms with Gasteiger partial charge in [-0.3, -0.25) is 9.48 Å². The third-order valence-corrected chi connectivity index (χ3v) is 5.72. The molecule has 4 rings (SSSR count). The minimum absolute atomic E-state index is 0.0811. The van der Waals surface area contributed by atoms with Crippen LogP contribution in [-0.4, -0.2) is 43.2 Å². The molecule has 3 aromatic rings. The summed E-state index contributed by atoms with van der Waals surface area (Å²) >= 11 is 0. The highest BCUT2D eigenvalue weighted by atomic mass is 16.2. The molecule has 0 saturated carbocycles. The van der Waals surface area contributed by atoms with Crippen molar-refractivity contribution < 1.29 is 4.79 Å². The highest BCUT2D eigenvalue weighted by Crippen LogP contribution is 2.30. The van der Waals surface area contributed by atoms with E-state index < -0.39 is 0 Å². The van der Waals surface area contributed by atoms with Gasteiger partial charge in [0, 0.05) is 32.6 Å². The van der Waals surface area contributed by atoms with Crippen molar-refractivity contribution in [3.63, 3.8) is 0 Å². The van der Waals surface area contributed by atoms with E-state index in [-0.39, 0.29) is 11.8 Å². The molecule has 1 amide bonds. The van der Waals surface area contributed by atoms with Gasteiger partial charge < -0.3 is 9.47 Å². The molecule has 1 aliphatic rings. The standard InChI is InChI=1S/C22H29N5O/c1-4-12-27-19-11-7-6-10-18(19)23-21(27)16-9-8-13-26(15-16)22(28)20-14-17(5-2)24-25(20)3/h6-7,10-11,14,16H,4-5,8-9,12-13,15H2,1-3H3. The Kier molecular flexibility index (Phi) is 5.20. The van der Waals surface area contributed by atoms with Gasteiger partial charge in [-0.25, -0.2) is 4.98 Å². The van der Waals surface area contributed by atoms with Crippen LogP contribution in [-0.2, 0) is 20.0 Å². The van der Waals surface area contributed by atoms with Gasteiger partial charge in [-0.15, -0.1) is 0 Å². The average molecular weight is 380 g/mol. The number of carbonyl (C=O) groups is 1. The summed E-state index contributed by atoms with van der Waals surface area (Å²) in [6, 6.07) is 10.3. The van der Waals surface area contributed by atoms with E-state index in [9.17, 15) is 4.79 Å². The molecule has 0 radical (unpaired) electrons. The van der Waals surface area contributed by atoms with Crippen molar-refractivity contribution in [2.45, 2.75) is 52.0 Å². The van der Waals surface area contributed by atoms with E-state index in [1.807, 2.05) is 24.1 Å². The van der Waals surface area contributed by atoms with Crippen LogP contribution in [0.5, 0.6) is 0 Å². The van der Waals surface area contributed by atoms with Crippen molar-refractivity contribution in [3.8, 4) is 0 Å². The van der Waals surface area contributed by atoms with Crippen LogP contribution in [0.1, 0.15) is 61.0 Å². The van der Waals surface area contributed by atoms with Crippen LogP contribution in [0.25, 0.3) is 11.0 Å². The molecule has 6 heteroatoms. The molecular formula is C22H29N5O. The van der Waals surface area contributed by atoms with Crippen LogP contribution in [0.15, 0.2) is 30.3 Å². The maximum absolute atomic E-state index is 13.1. The Morgan fingerprint density at radius 3 is 2.82 bits per heavy atom. The number of nitrogens with zero attached hydrogens (tertiary/aromatic N) is 5. The summed E-state index contributed by atoms with van der Waals surface area (Å²) in [6.07, 6.45) is 3.98. The Balaban J connectivity index is 1.62. The van der Waals surface area contributed by atoms with Gasteiger partial charge in [0.1, 0.15) is 11.5 Å². The molecule has 1 aliphatic heterocycles. The fourth-order valence-electron chi connectivity index (χ4n) is 4.30. The number of amides is 1. The summed E-state index contributed by atoms with van der Waals surface area (Å²) in [6.45, 7) is 6.74. The van der Waals surface area contributed by atoms with E-state index in [1.165, 1.54) is 5.52 Å². The lowest BCUT2D eigenvalue weighted by molar-refractivity contribution is 0.0692. The molecule has 1 unspecified atom stereocenters. The van der Waals surface area contributed by atoms with Crippen LogP contribution in [0.3, 0.4) is 0 Å². The van der Waals surface area contributed by atoms with Crippen LogP contribution >= 0.6 is 0 Å². The average Bonchev–Trinajstić information content (AvgIpc) is 3.28. The summed E-state index contributed by atoms with van der Waals surface area (Å²) in [5, 5.41) is 4.44. The lowest BCUT2D eigenvalue weighted by atomic mass is 9.96. The zero-order valence-electron chi connectivity index (χ0n) is 17.1. The fourth-order valence-corrected chi connectivity index (χ4v) is 4.30. The molecule has 1 aromatic carbocycles. The van der Waals surface area contributed by atoms with Crippen molar-refractivity contribution in [1.29, 1.82) is 0 Å². The van der Waals surface area contributed by atoms with E-state index in [0.717, 1.165) is 62.4 Å². The number of aryl methyl sites for hydroxylation is 3. The quantitative estimate of drug-likeness (QED) is 0.678. The first-order valence-corrected chi connectivity index (χ1v) is 10.4. The third-order valence-electron chi connectivity index (χ3n) is 5.72. The molecule has 1 saturated heterocycles. The van der Waals surface area contributed by atoms with Gasteiger partial charge in [0.15, 0.2) is 0 Å². The van der Waals surface area contributed by atoms with Gasteiger partial charge >= 0.3 is 0 Å². The van der Waals surface area contributed by atoms with Gasteiger partial charge in [-0.05, 0) is 43.9 Å². The van der Waals surface area contributed by atoms with E-state index in [0.29, 0.717) is 5.69 Å². The van der Waals surface area contributed by atoms with E-state index in [1.54, 1.807) is 4.68 Å². The van der Waals surface area contributed by atoms with Crippen molar-refractivity contribution in [1.82, 2.24) is 24.2 Å². The number of rotatable bonds is 5. The minimum atomic E-state index is 0.0811. The first kappa shape index (κ1) is 18.7. The second-order valence-corrected chi connectivity index (χ2v) is 7.70. The van der Waals surface area contributed by atoms with Gasteiger partial charge in [-0.1, -0.05) is 26.0 Å². The number of imidazole rings is 1. The zero-order valence-corrected chi connectivity index (χ0v) is 17.1. The molecule has 1 fully saturated rings. The Bertz CT molecular complexity index is 986. The molecule has 2 aromatic heterocycles. The molecule has 6 nitrogen and oxygen atoms in total. The Labute approximate surface area is 166 Å². The molecule has 3 heterocycles. The number of aromatic nitrogens is 4. The SMILES string of the molecule is CCCn1c(C2CCCN(C(=O)c3cc(CC)nn3C)C2)nc2ccccc21. The molecule has 1 atom stereocenters. The maximum Gasteiger partial charge on any atom is 0.272 e. The minimum Gasteiger partial charge on any atom is -0.337 e. The van der Waals surface area contributed by atoms with E-state index in [4.69, 9.17) is 4.98 Å². The maximum atomic E-state index is 13.1. The van der Waals surface area contributed by atoms with Crippen LogP contribution in [0, 0.1) is 0 Å². The number of para-hydroxylation sites is 2. The monoisotopic (exact) mass is 379 g/mol. The first-order valence-electron chi connectivity index (χ1n) is 10.4. The van der Waals surface area contributed by atoms with Gasteiger partial charge in [0.2, 0.25) is 0 Å². The molecule has 0 aliphatic carbocycles. The van der Waals surface area contributed by atoms with Crippen molar-refractivity contribution in [3.05, 3.63) is 47.5 Å². The normalized spacial score (nSPS) is 17.4. The Morgan fingerprint density at radius 2 is 2.07 bits per heavy atom. The van der Waals surface area contributed by atoms with E-state index >= 15 is 0 Å². The molecule has 0 spiro atoms. The van der Waals surface area contributed by atoms with E-state index in [2.05, 4.69) is 41.7 Å². The van der Waals surface area contributed by atoms with Crippen LogP contribution in [0.2, 0.25) is 0 Å². The number of hydrogen-bond acceptors (Lipinski definition) is 3. The smallest absolute Gasteiger partial charge is 0.272 e. The highest BCUT2D eigenvalue weighted by molar-refractivity contribution is 5.92. The van der Waals surface area contributed by atoms with Gasteiger partial charge in [0.05, 0.1) is 16.7 Å². The second kappa shape index (κ2) is 7.78. The number of hydrogen-bond donors (Lipinski definition) is 0. The topological polar surface area (TPSA) is 56.0 Å². The molecule has 0 N–H and O–H groups in total. The summed E-state index contributed by atoms with van der Waals surface area (Å²) in [5.74, 6) is 1.48. The van der Waals surface area contributed by atoms with Crippen molar-refractivity contribution in [2.75, 3.05) is 13.1 Å². The lowest BCUT2D eigenvalue weighted by Crippen LogP contribution is -2.40. The number of piperidine rings is 1. The summed E-state index contributed by atoms with van der Waals surface area (Å²) in [7, 11) is 1.86. The number of fused-ring (bicyclic) bond motifs is 1. The van der Waals surface area contributed by atoms with Crippen molar-refractivity contribution in [2.24, 2.45) is 7.05 Å². The Hall–Kier alpha value is -2.63. The summed E-state index contributed by atoms with van der Waals surface area (Å²) in [5.41, 5.74) is 3.89. The second-order valence-electron chi connectivity index (χ2n) is 7.70. The predicted octanol–water partition coefficient (Wildman–Crippen LogP) is 3.76. The molecule has 148 valence electrons. The summed E-state index contributed by atoms with van der Waals surface area (Å²) < 4.78 is 4.07. The van der Waals surface area contributed by atoms with Crippen molar-refractivity contribution >= 4 is 16.9 Å². The predicted molar refractivity (Wildman–Crippen MR) is 110 cm³/mol. The zero-order chi connectivity index (χ0) is 19.7. The lowest BCUT2D eigenvalue weighted by Gasteiger charge is -2.32. The number of benzene rings is 1. The number of carbonyl (C=O) groups excluding carboxylic acids is 1. The Morgan fingerprint density at radius 1 is 1.25 bits per heavy atom. The third kappa shape index (κ3) is 3.32. The fraction of sp³-hybridized carbons (Fsp3) is 0.500. The first-order chi connectivity index (χ1) is 13.6. The van der Waals surface area contributed by atoms with Crippen LogP contribution in [0.4, 0.5) is 0 Å². The number of likely N-dealkylation sites (tertiary alicyclic amines) is 1. The summed E-state index contributed by atoms with van der Waals surface area (Å²) in [4.78, 5) is 20.1. The van der Waals surface area contributed by atoms with Crippen LogP contribution < -0.4 is 0 Å². The molecule has 28 heavy (non-hydrogen) atoms. The van der Waals surface area contributed by atoms with Gasteiger partial charge in [-0.2, -0.15) is 5.10 Å². The largest absolute Gasteiger partial charge is 0.337 e. The molecular weight excluding hydrogens is 350 g/mol. The molecule has 0 bridgehead atoms. The van der Waals surface area contributed by atoms with Gasteiger partial charge in [0.25, 0.3) is 5.91 Å². The highest BCUT2D eigenvalue weighted by Gasteiger charge is 2.30.